The van der Waals surface area contributed by atoms with E-state index in [0.717, 1.165) is 5.56 Å². The smallest absolute Gasteiger partial charge is 0.234 e. The molecule has 0 atom stereocenters. The SMILES string of the molecule is CC(=O)/C(=C(\C)O)c1nc2cc(C)ccc2o1. The lowest BCUT2D eigenvalue weighted by atomic mass is 10.1. The number of Topliss-reactive ketones (excluding diaryl/α,β-unsaturated/α-hetero) is 1. The summed E-state index contributed by atoms with van der Waals surface area (Å²) in [4.78, 5) is 15.6. The van der Waals surface area contributed by atoms with Crippen molar-refractivity contribution in [1.29, 1.82) is 0 Å². The van der Waals surface area contributed by atoms with E-state index in [0.29, 0.717) is 11.1 Å². The summed E-state index contributed by atoms with van der Waals surface area (Å²) < 4.78 is 5.46. The Morgan fingerprint density at radius 1 is 1.35 bits per heavy atom. The molecule has 1 aromatic heterocycles. The van der Waals surface area contributed by atoms with Crippen LogP contribution in [-0.2, 0) is 4.79 Å². The molecule has 1 heterocycles. The van der Waals surface area contributed by atoms with E-state index in [2.05, 4.69) is 4.98 Å². The molecule has 0 spiro atoms. The van der Waals surface area contributed by atoms with E-state index in [1.807, 2.05) is 19.1 Å². The molecule has 88 valence electrons. The number of aromatic nitrogens is 1. The van der Waals surface area contributed by atoms with Crippen molar-refractivity contribution in [3.63, 3.8) is 0 Å². The Bertz CT molecular complexity index is 619. The Hall–Kier alpha value is -2.10. The van der Waals surface area contributed by atoms with E-state index in [1.54, 1.807) is 6.07 Å². The van der Waals surface area contributed by atoms with E-state index < -0.39 is 0 Å². The third-order valence-corrected chi connectivity index (χ3v) is 2.47. The van der Waals surface area contributed by atoms with Gasteiger partial charge in [-0.25, -0.2) is 4.98 Å². The molecule has 4 nitrogen and oxygen atoms in total. The van der Waals surface area contributed by atoms with Gasteiger partial charge in [0, 0.05) is 0 Å². The monoisotopic (exact) mass is 231 g/mol. The zero-order chi connectivity index (χ0) is 12.6. The van der Waals surface area contributed by atoms with Crippen molar-refractivity contribution in [2.75, 3.05) is 0 Å². The summed E-state index contributed by atoms with van der Waals surface area (Å²) >= 11 is 0. The number of fused-ring (bicyclic) bond motifs is 1. The normalized spacial score (nSPS) is 12.6. The van der Waals surface area contributed by atoms with Crippen LogP contribution in [0.25, 0.3) is 16.7 Å². The Morgan fingerprint density at radius 3 is 2.65 bits per heavy atom. The average Bonchev–Trinajstić information content (AvgIpc) is 2.58. The van der Waals surface area contributed by atoms with Gasteiger partial charge in [0.05, 0.1) is 0 Å². The van der Waals surface area contributed by atoms with Gasteiger partial charge in [0.15, 0.2) is 11.4 Å². The zero-order valence-corrected chi connectivity index (χ0v) is 9.94. The van der Waals surface area contributed by atoms with Gasteiger partial charge in [0.2, 0.25) is 5.89 Å². The maximum Gasteiger partial charge on any atom is 0.234 e. The third kappa shape index (κ3) is 2.06. The molecule has 0 aliphatic heterocycles. The minimum Gasteiger partial charge on any atom is -0.512 e. The first-order valence-electron chi connectivity index (χ1n) is 5.27. The van der Waals surface area contributed by atoms with Gasteiger partial charge in [-0.1, -0.05) is 6.07 Å². The van der Waals surface area contributed by atoms with Gasteiger partial charge in [-0.15, -0.1) is 0 Å². The number of carbonyl (C=O) groups excluding carboxylic acids is 1. The highest BCUT2D eigenvalue weighted by Crippen LogP contribution is 2.24. The molecule has 4 heteroatoms. The van der Waals surface area contributed by atoms with E-state index in [9.17, 15) is 9.90 Å². The highest BCUT2D eigenvalue weighted by Gasteiger charge is 2.17. The van der Waals surface area contributed by atoms with Gasteiger partial charge < -0.3 is 9.52 Å². The summed E-state index contributed by atoms with van der Waals surface area (Å²) in [5.74, 6) is -0.188. The van der Waals surface area contributed by atoms with Crippen LogP contribution in [0.2, 0.25) is 0 Å². The number of rotatable bonds is 2. The van der Waals surface area contributed by atoms with Crippen LogP contribution in [0.15, 0.2) is 28.4 Å². The Balaban J connectivity index is 2.64. The molecule has 0 aliphatic rings. The number of aliphatic hydroxyl groups is 1. The number of aryl methyl sites for hydroxylation is 1. The summed E-state index contributed by atoms with van der Waals surface area (Å²) in [5, 5.41) is 9.47. The first kappa shape index (κ1) is 11.4. The molecule has 17 heavy (non-hydrogen) atoms. The topological polar surface area (TPSA) is 63.3 Å². The summed E-state index contributed by atoms with van der Waals surface area (Å²) in [6.07, 6.45) is 0. The predicted octanol–water partition coefficient (Wildman–Crippen LogP) is 3.01. The number of nitrogens with zero attached hydrogens (tertiary/aromatic N) is 1. The van der Waals surface area contributed by atoms with Crippen molar-refractivity contribution < 1.29 is 14.3 Å². The van der Waals surface area contributed by atoms with E-state index in [-0.39, 0.29) is 23.0 Å². The van der Waals surface area contributed by atoms with Crippen LogP contribution in [0.3, 0.4) is 0 Å². The molecule has 0 aliphatic carbocycles. The quantitative estimate of drug-likeness (QED) is 0.637. The summed E-state index contributed by atoms with van der Waals surface area (Å²) in [7, 11) is 0. The first-order valence-corrected chi connectivity index (χ1v) is 5.27. The van der Waals surface area contributed by atoms with E-state index in [1.165, 1.54) is 13.8 Å². The molecule has 2 aromatic rings. The van der Waals surface area contributed by atoms with E-state index in [4.69, 9.17) is 4.42 Å². The fourth-order valence-electron chi connectivity index (χ4n) is 1.70. The second-order valence-corrected chi connectivity index (χ2v) is 4.01. The fourth-order valence-corrected chi connectivity index (χ4v) is 1.70. The Morgan fingerprint density at radius 2 is 2.06 bits per heavy atom. The van der Waals surface area contributed by atoms with Crippen LogP contribution in [-0.4, -0.2) is 15.9 Å². The second-order valence-electron chi connectivity index (χ2n) is 4.01. The predicted molar refractivity (Wildman–Crippen MR) is 64.6 cm³/mol. The summed E-state index contributed by atoms with van der Waals surface area (Å²) in [6.45, 7) is 4.76. The Labute approximate surface area is 98.6 Å². The van der Waals surface area contributed by atoms with Crippen LogP contribution in [0, 0.1) is 6.92 Å². The fraction of sp³-hybridized carbons (Fsp3) is 0.231. The molecular weight excluding hydrogens is 218 g/mol. The van der Waals surface area contributed by atoms with Gasteiger partial charge in [0.1, 0.15) is 16.8 Å². The number of aliphatic hydroxyl groups excluding tert-OH is 1. The number of allylic oxidation sites excluding steroid dienone is 2. The molecule has 2 rings (SSSR count). The number of carbonyl (C=O) groups is 1. The molecule has 1 N–H and O–H groups in total. The number of benzene rings is 1. The first-order chi connectivity index (χ1) is 7.99. The molecule has 0 radical (unpaired) electrons. The summed E-state index contributed by atoms with van der Waals surface area (Å²) in [5.41, 5.74) is 2.47. The Kier molecular flexibility index (Phi) is 2.71. The largest absolute Gasteiger partial charge is 0.512 e. The van der Waals surface area contributed by atoms with Crippen LogP contribution in [0.5, 0.6) is 0 Å². The van der Waals surface area contributed by atoms with Gasteiger partial charge in [0.25, 0.3) is 0 Å². The standard InChI is InChI=1S/C13H13NO3/c1-7-4-5-11-10(6-7)14-13(17-11)12(8(2)15)9(3)16/h4-6,15H,1-3H3/b12-8-. The second kappa shape index (κ2) is 4.05. The number of hydrogen-bond donors (Lipinski definition) is 1. The van der Waals surface area contributed by atoms with E-state index >= 15 is 0 Å². The highest BCUT2D eigenvalue weighted by atomic mass is 16.4. The number of ketones is 1. The van der Waals surface area contributed by atoms with Gasteiger partial charge in [-0.2, -0.15) is 0 Å². The van der Waals surface area contributed by atoms with Crippen LogP contribution in [0.1, 0.15) is 25.3 Å². The van der Waals surface area contributed by atoms with Gasteiger partial charge in [-0.05, 0) is 38.5 Å². The van der Waals surface area contributed by atoms with Gasteiger partial charge in [-0.3, -0.25) is 4.79 Å². The van der Waals surface area contributed by atoms with Crippen LogP contribution >= 0.6 is 0 Å². The maximum atomic E-state index is 11.4. The molecule has 1 aromatic carbocycles. The minimum absolute atomic E-state index is 0.0826. The maximum absolute atomic E-state index is 11.4. The van der Waals surface area contributed by atoms with Crippen LogP contribution in [0.4, 0.5) is 0 Å². The van der Waals surface area contributed by atoms with Crippen molar-refractivity contribution >= 4 is 22.5 Å². The van der Waals surface area contributed by atoms with Crippen molar-refractivity contribution in [1.82, 2.24) is 4.98 Å². The number of oxazole rings is 1. The molecule has 0 saturated carbocycles. The molecule has 0 bridgehead atoms. The van der Waals surface area contributed by atoms with Gasteiger partial charge >= 0.3 is 0 Å². The molecular formula is C13H13NO3. The molecule has 0 fully saturated rings. The zero-order valence-electron chi connectivity index (χ0n) is 9.94. The lowest BCUT2D eigenvalue weighted by Gasteiger charge is -1.98. The van der Waals surface area contributed by atoms with Crippen molar-refractivity contribution in [2.45, 2.75) is 20.8 Å². The van der Waals surface area contributed by atoms with Crippen LogP contribution < -0.4 is 0 Å². The van der Waals surface area contributed by atoms with Crippen molar-refractivity contribution in [2.24, 2.45) is 0 Å². The molecule has 0 saturated heterocycles. The van der Waals surface area contributed by atoms with Crippen molar-refractivity contribution in [3.8, 4) is 0 Å². The minimum atomic E-state index is -0.270. The highest BCUT2D eigenvalue weighted by molar-refractivity contribution is 6.18. The average molecular weight is 231 g/mol. The lowest BCUT2D eigenvalue weighted by Crippen LogP contribution is -1.99. The number of hydrogen-bond acceptors (Lipinski definition) is 4. The van der Waals surface area contributed by atoms with Crippen molar-refractivity contribution in [3.05, 3.63) is 35.4 Å². The summed E-state index contributed by atoms with van der Waals surface area (Å²) in [6, 6.07) is 5.57. The molecule has 0 amide bonds. The third-order valence-electron chi connectivity index (χ3n) is 2.47. The molecule has 0 unspecified atom stereocenters. The lowest BCUT2D eigenvalue weighted by molar-refractivity contribution is -0.112.